The molecule has 0 heterocycles. The first-order valence-electron chi connectivity index (χ1n) is 7.43. The normalized spacial score (nSPS) is 12.7. The van der Waals surface area contributed by atoms with Crippen LogP contribution < -0.4 is 0 Å². The van der Waals surface area contributed by atoms with Crippen molar-refractivity contribution in [2.45, 2.75) is 39.2 Å². The van der Waals surface area contributed by atoms with Crippen molar-refractivity contribution < 1.29 is 4.79 Å². The Balaban J connectivity index is 2.61. The SMILES string of the molecule is CCCc1ccc(C(=O)CN(C)C(CC)CSC)cc1. The van der Waals surface area contributed by atoms with Crippen LogP contribution in [0.15, 0.2) is 24.3 Å². The molecule has 1 aromatic rings. The highest BCUT2D eigenvalue weighted by Crippen LogP contribution is 2.11. The molecular formula is C17H27NOS. The zero-order valence-corrected chi connectivity index (χ0v) is 14.0. The first kappa shape index (κ1) is 17.3. The largest absolute Gasteiger partial charge is 0.295 e. The quantitative estimate of drug-likeness (QED) is 0.644. The topological polar surface area (TPSA) is 20.3 Å². The summed E-state index contributed by atoms with van der Waals surface area (Å²) in [6, 6.07) is 8.58. The number of hydrogen-bond donors (Lipinski definition) is 0. The second-order valence-electron chi connectivity index (χ2n) is 5.30. The highest BCUT2D eigenvalue weighted by Gasteiger charge is 2.16. The molecule has 0 saturated heterocycles. The fourth-order valence-electron chi connectivity index (χ4n) is 2.34. The Bertz CT molecular complexity index is 402. The van der Waals surface area contributed by atoms with Crippen LogP contribution in [-0.2, 0) is 6.42 Å². The molecule has 0 N–H and O–H groups in total. The molecule has 0 saturated carbocycles. The molecular weight excluding hydrogens is 266 g/mol. The molecule has 3 heteroatoms. The number of benzene rings is 1. The molecule has 1 aromatic carbocycles. The molecule has 0 spiro atoms. The summed E-state index contributed by atoms with van der Waals surface area (Å²) in [5.74, 6) is 1.30. The number of ketones is 1. The van der Waals surface area contributed by atoms with Crippen LogP contribution in [0.5, 0.6) is 0 Å². The highest BCUT2D eigenvalue weighted by atomic mass is 32.2. The second kappa shape index (κ2) is 9.19. The average Bonchev–Trinajstić information content (AvgIpc) is 2.45. The molecule has 0 aliphatic carbocycles. The summed E-state index contributed by atoms with van der Waals surface area (Å²) in [7, 11) is 2.05. The standard InChI is InChI=1S/C17H27NOS/c1-5-7-14-8-10-15(11-9-14)17(19)12-18(3)16(6-2)13-20-4/h8-11,16H,5-7,12-13H2,1-4H3. The lowest BCUT2D eigenvalue weighted by Gasteiger charge is -2.25. The van der Waals surface area contributed by atoms with Gasteiger partial charge >= 0.3 is 0 Å². The van der Waals surface area contributed by atoms with Crippen molar-refractivity contribution in [3.05, 3.63) is 35.4 Å². The van der Waals surface area contributed by atoms with Crippen molar-refractivity contribution >= 4 is 17.5 Å². The minimum Gasteiger partial charge on any atom is -0.295 e. The van der Waals surface area contributed by atoms with Gasteiger partial charge in [0.2, 0.25) is 0 Å². The van der Waals surface area contributed by atoms with Crippen LogP contribution >= 0.6 is 11.8 Å². The van der Waals surface area contributed by atoms with Crippen LogP contribution in [0.4, 0.5) is 0 Å². The summed E-state index contributed by atoms with van der Waals surface area (Å²) < 4.78 is 0. The predicted molar refractivity (Wildman–Crippen MR) is 89.9 cm³/mol. The highest BCUT2D eigenvalue weighted by molar-refractivity contribution is 7.98. The Kier molecular flexibility index (Phi) is 7.93. The number of rotatable bonds is 9. The Morgan fingerprint density at radius 3 is 2.40 bits per heavy atom. The lowest BCUT2D eigenvalue weighted by Crippen LogP contribution is -2.37. The van der Waals surface area contributed by atoms with Crippen molar-refractivity contribution in [3.63, 3.8) is 0 Å². The number of hydrogen-bond acceptors (Lipinski definition) is 3. The number of aryl methyl sites for hydroxylation is 1. The summed E-state index contributed by atoms with van der Waals surface area (Å²) in [5, 5.41) is 0. The van der Waals surface area contributed by atoms with Gasteiger partial charge in [-0.1, -0.05) is 44.5 Å². The molecule has 0 bridgehead atoms. The zero-order valence-electron chi connectivity index (χ0n) is 13.2. The number of thioether (sulfide) groups is 1. The van der Waals surface area contributed by atoms with Crippen molar-refractivity contribution in [2.75, 3.05) is 25.6 Å². The molecule has 20 heavy (non-hydrogen) atoms. The van der Waals surface area contributed by atoms with Gasteiger partial charge in [-0.3, -0.25) is 9.69 Å². The molecule has 0 aliphatic rings. The van der Waals surface area contributed by atoms with Crippen LogP contribution in [-0.4, -0.2) is 42.3 Å². The van der Waals surface area contributed by atoms with Crippen LogP contribution in [0.3, 0.4) is 0 Å². The second-order valence-corrected chi connectivity index (χ2v) is 6.21. The molecule has 0 fully saturated rings. The fraction of sp³-hybridized carbons (Fsp3) is 0.588. The number of nitrogens with zero attached hydrogens (tertiary/aromatic N) is 1. The van der Waals surface area contributed by atoms with Gasteiger partial charge in [0.15, 0.2) is 5.78 Å². The molecule has 0 aromatic heterocycles. The van der Waals surface area contributed by atoms with Crippen molar-refractivity contribution in [1.82, 2.24) is 4.90 Å². The van der Waals surface area contributed by atoms with E-state index in [9.17, 15) is 4.79 Å². The Labute approximate surface area is 127 Å². The Morgan fingerprint density at radius 2 is 1.90 bits per heavy atom. The maximum Gasteiger partial charge on any atom is 0.176 e. The van der Waals surface area contributed by atoms with Crippen LogP contribution in [0, 0.1) is 0 Å². The van der Waals surface area contributed by atoms with Crippen LogP contribution in [0.1, 0.15) is 42.6 Å². The van der Waals surface area contributed by atoms with Gasteiger partial charge in [0, 0.05) is 17.4 Å². The summed E-state index contributed by atoms with van der Waals surface area (Å²) in [6.07, 6.45) is 5.42. The molecule has 2 nitrogen and oxygen atoms in total. The van der Waals surface area contributed by atoms with Gasteiger partial charge in [0.1, 0.15) is 0 Å². The molecule has 0 aliphatic heterocycles. The number of carbonyl (C=O) groups excluding carboxylic acids is 1. The van der Waals surface area contributed by atoms with E-state index < -0.39 is 0 Å². The van der Waals surface area contributed by atoms with E-state index in [1.54, 1.807) is 0 Å². The zero-order chi connectivity index (χ0) is 15.0. The van der Waals surface area contributed by atoms with Crippen molar-refractivity contribution in [1.29, 1.82) is 0 Å². The minimum atomic E-state index is 0.218. The lowest BCUT2D eigenvalue weighted by atomic mass is 10.0. The van der Waals surface area contributed by atoms with Gasteiger partial charge in [-0.25, -0.2) is 0 Å². The van der Waals surface area contributed by atoms with Gasteiger partial charge in [-0.2, -0.15) is 11.8 Å². The molecule has 0 amide bonds. The maximum absolute atomic E-state index is 12.3. The summed E-state index contributed by atoms with van der Waals surface area (Å²) >= 11 is 1.84. The third kappa shape index (κ3) is 5.29. The first-order chi connectivity index (χ1) is 9.62. The average molecular weight is 293 g/mol. The predicted octanol–water partition coefficient (Wildman–Crippen LogP) is 3.90. The van der Waals surface area contributed by atoms with E-state index in [0.29, 0.717) is 12.6 Å². The van der Waals surface area contributed by atoms with Crippen LogP contribution in [0.2, 0.25) is 0 Å². The maximum atomic E-state index is 12.3. The molecule has 0 radical (unpaired) electrons. The molecule has 1 rings (SSSR count). The number of carbonyl (C=O) groups is 1. The Morgan fingerprint density at radius 1 is 1.25 bits per heavy atom. The number of likely N-dealkylation sites (N-methyl/N-ethyl adjacent to an activating group) is 1. The van der Waals surface area contributed by atoms with E-state index in [1.807, 2.05) is 30.9 Å². The lowest BCUT2D eigenvalue weighted by molar-refractivity contribution is 0.0925. The van der Waals surface area contributed by atoms with Gasteiger partial charge in [-0.05, 0) is 31.7 Å². The van der Waals surface area contributed by atoms with E-state index in [4.69, 9.17) is 0 Å². The number of Topliss-reactive ketones (excluding diaryl/α,β-unsaturated/α-hetero) is 1. The monoisotopic (exact) mass is 293 g/mol. The summed E-state index contributed by atoms with van der Waals surface area (Å²) in [4.78, 5) is 14.5. The molecule has 1 unspecified atom stereocenters. The smallest absolute Gasteiger partial charge is 0.176 e. The fourth-order valence-corrected chi connectivity index (χ4v) is 3.22. The van der Waals surface area contributed by atoms with E-state index in [0.717, 1.165) is 30.6 Å². The van der Waals surface area contributed by atoms with Gasteiger partial charge in [-0.15, -0.1) is 0 Å². The van der Waals surface area contributed by atoms with E-state index in [1.165, 1.54) is 5.56 Å². The summed E-state index contributed by atoms with van der Waals surface area (Å²) in [6.45, 7) is 4.86. The first-order valence-corrected chi connectivity index (χ1v) is 8.83. The van der Waals surface area contributed by atoms with Crippen molar-refractivity contribution in [3.8, 4) is 0 Å². The van der Waals surface area contributed by atoms with Gasteiger partial charge in [0.05, 0.1) is 6.54 Å². The van der Waals surface area contributed by atoms with E-state index in [2.05, 4.69) is 37.1 Å². The molecule has 1 atom stereocenters. The van der Waals surface area contributed by atoms with Gasteiger partial charge in [0.25, 0.3) is 0 Å². The third-order valence-corrected chi connectivity index (χ3v) is 4.38. The summed E-state index contributed by atoms with van der Waals surface area (Å²) in [5.41, 5.74) is 2.14. The van der Waals surface area contributed by atoms with E-state index in [-0.39, 0.29) is 5.78 Å². The molecule has 112 valence electrons. The minimum absolute atomic E-state index is 0.218. The van der Waals surface area contributed by atoms with E-state index >= 15 is 0 Å². The Hall–Kier alpha value is -0.800. The van der Waals surface area contributed by atoms with Crippen molar-refractivity contribution in [2.24, 2.45) is 0 Å². The van der Waals surface area contributed by atoms with Gasteiger partial charge < -0.3 is 0 Å². The third-order valence-electron chi connectivity index (χ3n) is 3.66. The van der Waals surface area contributed by atoms with Crippen LogP contribution in [0.25, 0.3) is 0 Å².